The number of anilines is 1. The van der Waals surface area contributed by atoms with Gasteiger partial charge in [-0.05, 0) is 18.6 Å². The molecule has 1 aromatic carbocycles. The van der Waals surface area contributed by atoms with E-state index in [1.54, 1.807) is 18.2 Å². The maximum absolute atomic E-state index is 11.8. The molecule has 6 nitrogen and oxygen atoms in total. The van der Waals surface area contributed by atoms with Crippen LogP contribution in [-0.4, -0.2) is 26.2 Å². The molecule has 1 rings (SSSR count). The van der Waals surface area contributed by atoms with Gasteiger partial charge in [0.25, 0.3) is 0 Å². The summed E-state index contributed by atoms with van der Waals surface area (Å²) in [7, 11) is 3.05. The highest BCUT2D eigenvalue weighted by Crippen LogP contribution is 2.29. The molecule has 1 aromatic rings. The Kier molecular flexibility index (Phi) is 7.81. The van der Waals surface area contributed by atoms with Gasteiger partial charge in [0, 0.05) is 18.2 Å². The Bertz CT molecular complexity index is 503. The van der Waals surface area contributed by atoms with E-state index in [9.17, 15) is 9.59 Å². The van der Waals surface area contributed by atoms with Crippen molar-refractivity contribution in [3.05, 3.63) is 18.2 Å². The van der Waals surface area contributed by atoms with Crippen molar-refractivity contribution >= 4 is 17.6 Å². The first-order valence-corrected chi connectivity index (χ1v) is 7.43. The summed E-state index contributed by atoms with van der Waals surface area (Å²) in [5.74, 6) is 0.806. The van der Waals surface area contributed by atoms with E-state index in [2.05, 4.69) is 17.6 Å². The number of amides is 3. The third-order valence-electron chi connectivity index (χ3n) is 3.15. The molecule has 0 aliphatic carbocycles. The first-order valence-electron chi connectivity index (χ1n) is 7.43. The Morgan fingerprint density at radius 3 is 2.41 bits per heavy atom. The van der Waals surface area contributed by atoms with Gasteiger partial charge in [0.2, 0.25) is 5.91 Å². The fourth-order valence-electron chi connectivity index (χ4n) is 1.98. The number of urea groups is 1. The van der Waals surface area contributed by atoms with Crippen molar-refractivity contribution in [1.29, 1.82) is 0 Å². The second-order valence-electron chi connectivity index (χ2n) is 4.88. The van der Waals surface area contributed by atoms with Crippen LogP contribution >= 0.6 is 0 Å². The number of hydrogen-bond donors (Lipinski definition) is 2. The number of hydrogen-bond acceptors (Lipinski definition) is 4. The predicted octanol–water partition coefficient (Wildman–Crippen LogP) is 3.32. The summed E-state index contributed by atoms with van der Waals surface area (Å²) in [6.07, 6.45) is 4.37. The standard InChI is InChI=1S/C16H24N2O4/c1-4-5-6-7-8-15(19)18-16(20)17-12-9-10-13(21-2)14(11-12)22-3/h9-11H,4-8H2,1-3H3,(H2,17,18,19,20). The normalized spacial score (nSPS) is 9.95. The van der Waals surface area contributed by atoms with Crippen LogP contribution in [-0.2, 0) is 4.79 Å². The van der Waals surface area contributed by atoms with Crippen molar-refractivity contribution in [2.75, 3.05) is 19.5 Å². The van der Waals surface area contributed by atoms with Crippen molar-refractivity contribution in [1.82, 2.24) is 5.32 Å². The second kappa shape index (κ2) is 9.65. The largest absolute Gasteiger partial charge is 0.493 e. The Morgan fingerprint density at radius 2 is 1.77 bits per heavy atom. The average molecular weight is 308 g/mol. The fourth-order valence-corrected chi connectivity index (χ4v) is 1.98. The lowest BCUT2D eigenvalue weighted by Crippen LogP contribution is -2.34. The van der Waals surface area contributed by atoms with E-state index in [4.69, 9.17) is 9.47 Å². The van der Waals surface area contributed by atoms with Crippen LogP contribution in [0.3, 0.4) is 0 Å². The molecule has 6 heteroatoms. The van der Waals surface area contributed by atoms with Crippen molar-refractivity contribution in [2.24, 2.45) is 0 Å². The number of ether oxygens (including phenoxy) is 2. The van der Waals surface area contributed by atoms with Gasteiger partial charge in [0.1, 0.15) is 0 Å². The summed E-state index contributed by atoms with van der Waals surface area (Å²) < 4.78 is 10.3. The second-order valence-corrected chi connectivity index (χ2v) is 4.88. The highest BCUT2D eigenvalue weighted by atomic mass is 16.5. The van der Waals surface area contributed by atoms with Gasteiger partial charge in [-0.2, -0.15) is 0 Å². The summed E-state index contributed by atoms with van der Waals surface area (Å²) >= 11 is 0. The Labute approximate surface area is 131 Å². The van der Waals surface area contributed by atoms with Gasteiger partial charge in [-0.3, -0.25) is 10.1 Å². The first-order chi connectivity index (χ1) is 10.6. The summed E-state index contributed by atoms with van der Waals surface area (Å²) in [5, 5.41) is 4.90. The summed E-state index contributed by atoms with van der Waals surface area (Å²) in [6, 6.07) is 4.44. The quantitative estimate of drug-likeness (QED) is 0.722. The highest BCUT2D eigenvalue weighted by molar-refractivity contribution is 6.01. The molecule has 0 unspecified atom stereocenters. The lowest BCUT2D eigenvalue weighted by molar-refractivity contribution is -0.120. The van der Waals surface area contributed by atoms with Crippen LogP contribution in [0.25, 0.3) is 0 Å². The zero-order valence-electron chi connectivity index (χ0n) is 13.4. The third kappa shape index (κ3) is 6.03. The van der Waals surface area contributed by atoms with Crippen molar-refractivity contribution in [3.63, 3.8) is 0 Å². The van der Waals surface area contributed by atoms with Crippen molar-refractivity contribution in [3.8, 4) is 11.5 Å². The van der Waals surface area contributed by atoms with Crippen LogP contribution in [0.5, 0.6) is 11.5 Å². The highest BCUT2D eigenvalue weighted by Gasteiger charge is 2.10. The van der Waals surface area contributed by atoms with E-state index in [1.807, 2.05) is 0 Å². The van der Waals surface area contributed by atoms with Crippen LogP contribution in [0.2, 0.25) is 0 Å². The minimum atomic E-state index is -0.548. The molecule has 0 saturated heterocycles. The van der Waals surface area contributed by atoms with E-state index in [0.29, 0.717) is 23.6 Å². The molecule has 0 aromatic heterocycles. The molecular weight excluding hydrogens is 284 g/mol. The molecule has 0 aliphatic rings. The zero-order valence-corrected chi connectivity index (χ0v) is 13.4. The van der Waals surface area contributed by atoms with Crippen LogP contribution < -0.4 is 20.1 Å². The van der Waals surface area contributed by atoms with E-state index >= 15 is 0 Å². The molecule has 0 fully saturated rings. The van der Waals surface area contributed by atoms with Gasteiger partial charge >= 0.3 is 6.03 Å². The van der Waals surface area contributed by atoms with Crippen LogP contribution in [0.15, 0.2) is 18.2 Å². The van der Waals surface area contributed by atoms with E-state index in [0.717, 1.165) is 25.7 Å². The summed E-state index contributed by atoms with van der Waals surface area (Å²) in [4.78, 5) is 23.4. The maximum Gasteiger partial charge on any atom is 0.325 e. The van der Waals surface area contributed by atoms with Gasteiger partial charge in [-0.25, -0.2) is 4.79 Å². The van der Waals surface area contributed by atoms with Gasteiger partial charge in [-0.15, -0.1) is 0 Å². The zero-order chi connectivity index (χ0) is 16.4. The molecular formula is C16H24N2O4. The molecule has 22 heavy (non-hydrogen) atoms. The Balaban J connectivity index is 2.46. The molecule has 0 aliphatic heterocycles. The molecule has 0 saturated carbocycles. The minimum Gasteiger partial charge on any atom is -0.493 e. The van der Waals surface area contributed by atoms with Crippen LogP contribution in [0.4, 0.5) is 10.5 Å². The number of nitrogens with one attached hydrogen (secondary N) is 2. The lowest BCUT2D eigenvalue weighted by Gasteiger charge is -2.11. The number of rotatable bonds is 8. The fraction of sp³-hybridized carbons (Fsp3) is 0.500. The maximum atomic E-state index is 11.8. The molecule has 2 N–H and O–H groups in total. The van der Waals surface area contributed by atoms with Crippen LogP contribution in [0.1, 0.15) is 39.0 Å². The number of carbonyl (C=O) groups excluding carboxylic acids is 2. The van der Waals surface area contributed by atoms with Crippen molar-refractivity contribution in [2.45, 2.75) is 39.0 Å². The number of benzene rings is 1. The summed E-state index contributed by atoms with van der Waals surface area (Å²) in [5.41, 5.74) is 0.522. The number of unbranched alkanes of at least 4 members (excludes halogenated alkanes) is 3. The predicted molar refractivity (Wildman–Crippen MR) is 85.5 cm³/mol. The smallest absolute Gasteiger partial charge is 0.325 e. The number of carbonyl (C=O) groups is 2. The molecule has 0 radical (unpaired) electrons. The SMILES string of the molecule is CCCCCCC(=O)NC(=O)Nc1ccc(OC)c(OC)c1. The molecule has 0 atom stereocenters. The Morgan fingerprint density at radius 1 is 1.05 bits per heavy atom. The van der Waals surface area contributed by atoms with Crippen molar-refractivity contribution < 1.29 is 19.1 Å². The van der Waals surface area contributed by atoms with Gasteiger partial charge in [0.05, 0.1) is 14.2 Å². The lowest BCUT2D eigenvalue weighted by atomic mass is 10.1. The molecule has 122 valence electrons. The molecule has 0 bridgehead atoms. The van der Waals surface area contributed by atoms with Gasteiger partial charge < -0.3 is 14.8 Å². The van der Waals surface area contributed by atoms with Gasteiger partial charge in [0.15, 0.2) is 11.5 Å². The summed E-state index contributed by atoms with van der Waals surface area (Å²) in [6.45, 7) is 2.11. The van der Waals surface area contributed by atoms with E-state index in [-0.39, 0.29) is 5.91 Å². The Hall–Kier alpha value is -2.24. The average Bonchev–Trinajstić information content (AvgIpc) is 2.51. The van der Waals surface area contributed by atoms with E-state index in [1.165, 1.54) is 14.2 Å². The number of imide groups is 1. The van der Waals surface area contributed by atoms with Gasteiger partial charge in [-0.1, -0.05) is 26.2 Å². The number of methoxy groups -OCH3 is 2. The third-order valence-corrected chi connectivity index (χ3v) is 3.15. The topological polar surface area (TPSA) is 76.7 Å². The minimum absolute atomic E-state index is 0.269. The monoisotopic (exact) mass is 308 g/mol. The van der Waals surface area contributed by atoms with E-state index < -0.39 is 6.03 Å². The molecule has 0 spiro atoms. The first kappa shape index (κ1) is 17.8. The molecule has 3 amide bonds. The van der Waals surface area contributed by atoms with Crippen LogP contribution in [0, 0.1) is 0 Å². The molecule has 0 heterocycles.